The highest BCUT2D eigenvalue weighted by Gasteiger charge is 2.26. The summed E-state index contributed by atoms with van der Waals surface area (Å²) < 4.78 is 5.56. The number of Topliss-reactive ketones (excluding diaryl/α,β-unsaturated/α-hetero) is 1. The van der Waals surface area contributed by atoms with E-state index < -0.39 is 0 Å². The minimum Gasteiger partial charge on any atom is -0.492 e. The molecule has 1 aromatic rings. The first kappa shape index (κ1) is 9.70. The maximum absolute atomic E-state index is 12.0. The lowest BCUT2D eigenvalue weighted by molar-refractivity contribution is 0.0932. The quantitative estimate of drug-likeness (QED) is 0.666. The van der Waals surface area contributed by atoms with Crippen molar-refractivity contribution in [3.8, 4) is 5.75 Å². The summed E-state index contributed by atoms with van der Waals surface area (Å²) in [5, 5.41) is 0. The molecular formula is C13H15NO2. The molecule has 0 fully saturated rings. The van der Waals surface area contributed by atoms with Gasteiger partial charge in [0.15, 0.2) is 5.78 Å². The number of fused-ring (bicyclic) bond motifs is 3. The maximum Gasteiger partial charge on any atom is 0.170 e. The summed E-state index contributed by atoms with van der Waals surface area (Å²) in [6, 6.07) is 4.01. The largest absolute Gasteiger partial charge is 0.492 e. The van der Waals surface area contributed by atoms with E-state index in [0.717, 1.165) is 30.7 Å². The van der Waals surface area contributed by atoms with Crippen LogP contribution in [-0.4, -0.2) is 26.0 Å². The van der Waals surface area contributed by atoms with Crippen molar-refractivity contribution in [2.24, 2.45) is 0 Å². The molecule has 0 aromatic heterocycles. The average Bonchev–Trinajstić information content (AvgIpc) is 2.29. The van der Waals surface area contributed by atoms with E-state index in [1.165, 1.54) is 11.3 Å². The van der Waals surface area contributed by atoms with Crippen LogP contribution in [0.1, 0.15) is 28.8 Å². The standard InChI is InChI=1S/C13H15NO2/c1-14-7-2-3-9-10(14)4-5-12-13(9)11(15)6-8-16-12/h4-5H,2-3,6-8H2,1H3. The van der Waals surface area contributed by atoms with Crippen LogP contribution in [0.5, 0.6) is 5.75 Å². The molecule has 3 nitrogen and oxygen atoms in total. The van der Waals surface area contributed by atoms with Crippen LogP contribution in [0.25, 0.3) is 0 Å². The summed E-state index contributed by atoms with van der Waals surface area (Å²) in [5.74, 6) is 1.03. The molecule has 0 atom stereocenters. The topological polar surface area (TPSA) is 29.5 Å². The molecule has 0 saturated heterocycles. The van der Waals surface area contributed by atoms with Gasteiger partial charge < -0.3 is 9.64 Å². The van der Waals surface area contributed by atoms with E-state index in [-0.39, 0.29) is 5.78 Å². The minimum atomic E-state index is 0.244. The SMILES string of the molecule is CN1CCCc2c1ccc1c2C(=O)CCO1. The van der Waals surface area contributed by atoms with Crippen LogP contribution in [0.15, 0.2) is 12.1 Å². The summed E-state index contributed by atoms with van der Waals surface area (Å²) in [4.78, 5) is 14.2. The Kier molecular flexibility index (Phi) is 2.13. The lowest BCUT2D eigenvalue weighted by Gasteiger charge is -2.31. The first-order valence-corrected chi connectivity index (χ1v) is 5.80. The smallest absolute Gasteiger partial charge is 0.170 e. The number of carbonyl (C=O) groups excluding carboxylic acids is 1. The van der Waals surface area contributed by atoms with E-state index in [0.29, 0.717) is 13.0 Å². The van der Waals surface area contributed by atoms with Gasteiger partial charge in [0.1, 0.15) is 5.75 Å². The Labute approximate surface area is 95.0 Å². The Balaban J connectivity index is 2.20. The molecule has 2 aliphatic heterocycles. The molecule has 2 heterocycles. The molecule has 0 radical (unpaired) electrons. The predicted molar refractivity (Wildman–Crippen MR) is 62.5 cm³/mol. The fraction of sp³-hybridized carbons (Fsp3) is 0.462. The molecule has 0 spiro atoms. The summed E-state index contributed by atoms with van der Waals surface area (Å²) in [6.45, 7) is 1.60. The molecule has 0 amide bonds. The van der Waals surface area contributed by atoms with Crippen molar-refractivity contribution in [1.29, 1.82) is 0 Å². The summed E-state index contributed by atoms with van der Waals surface area (Å²) in [6.07, 6.45) is 2.64. The predicted octanol–water partition coefficient (Wildman–Crippen LogP) is 2.03. The molecular weight excluding hydrogens is 202 g/mol. The van der Waals surface area contributed by atoms with E-state index in [1.807, 2.05) is 6.07 Å². The van der Waals surface area contributed by atoms with Crippen LogP contribution < -0.4 is 9.64 Å². The highest BCUT2D eigenvalue weighted by Crippen LogP contribution is 2.36. The number of anilines is 1. The fourth-order valence-electron chi connectivity index (χ4n) is 2.64. The summed E-state index contributed by atoms with van der Waals surface area (Å²) >= 11 is 0. The molecule has 16 heavy (non-hydrogen) atoms. The van der Waals surface area contributed by atoms with Gasteiger partial charge in [-0.3, -0.25) is 4.79 Å². The molecule has 3 heteroatoms. The van der Waals surface area contributed by atoms with Crippen LogP contribution in [0.4, 0.5) is 5.69 Å². The zero-order valence-corrected chi connectivity index (χ0v) is 9.45. The Morgan fingerprint density at radius 3 is 3.06 bits per heavy atom. The minimum absolute atomic E-state index is 0.244. The molecule has 3 rings (SSSR count). The number of ketones is 1. The zero-order chi connectivity index (χ0) is 11.1. The van der Waals surface area contributed by atoms with Crippen LogP contribution in [0.2, 0.25) is 0 Å². The molecule has 0 aliphatic carbocycles. The van der Waals surface area contributed by atoms with E-state index in [4.69, 9.17) is 4.74 Å². The first-order valence-electron chi connectivity index (χ1n) is 5.80. The number of nitrogens with zero attached hydrogens (tertiary/aromatic N) is 1. The first-order chi connectivity index (χ1) is 7.77. The van der Waals surface area contributed by atoms with E-state index >= 15 is 0 Å². The molecule has 2 aliphatic rings. The summed E-state index contributed by atoms with van der Waals surface area (Å²) in [5.41, 5.74) is 3.23. The monoisotopic (exact) mass is 217 g/mol. The third-order valence-electron chi connectivity index (χ3n) is 3.45. The van der Waals surface area contributed by atoms with Gasteiger partial charge in [0.2, 0.25) is 0 Å². The molecule has 0 N–H and O–H groups in total. The second kappa shape index (κ2) is 3.51. The van der Waals surface area contributed by atoms with Gasteiger partial charge in [0.05, 0.1) is 12.2 Å². The van der Waals surface area contributed by atoms with Gasteiger partial charge in [0.25, 0.3) is 0 Å². The number of hydrogen-bond donors (Lipinski definition) is 0. The third kappa shape index (κ3) is 1.31. The lowest BCUT2D eigenvalue weighted by atomic mass is 9.91. The van der Waals surface area contributed by atoms with Gasteiger partial charge in [0, 0.05) is 25.7 Å². The van der Waals surface area contributed by atoms with Gasteiger partial charge in [-0.2, -0.15) is 0 Å². The molecule has 0 unspecified atom stereocenters. The van der Waals surface area contributed by atoms with E-state index in [1.54, 1.807) is 0 Å². The van der Waals surface area contributed by atoms with Crippen molar-refractivity contribution in [3.63, 3.8) is 0 Å². The number of rotatable bonds is 0. The third-order valence-corrected chi connectivity index (χ3v) is 3.45. The highest BCUT2D eigenvalue weighted by atomic mass is 16.5. The normalized spacial score (nSPS) is 18.8. The zero-order valence-electron chi connectivity index (χ0n) is 9.45. The number of carbonyl (C=O) groups is 1. The van der Waals surface area contributed by atoms with Crippen molar-refractivity contribution >= 4 is 11.5 Å². The van der Waals surface area contributed by atoms with Gasteiger partial charge >= 0.3 is 0 Å². The van der Waals surface area contributed by atoms with Gasteiger partial charge in [-0.1, -0.05) is 0 Å². The number of ether oxygens (including phenoxy) is 1. The van der Waals surface area contributed by atoms with E-state index in [2.05, 4.69) is 18.0 Å². The fourth-order valence-corrected chi connectivity index (χ4v) is 2.64. The maximum atomic E-state index is 12.0. The Bertz CT molecular complexity index is 453. The van der Waals surface area contributed by atoms with Gasteiger partial charge in [-0.25, -0.2) is 0 Å². The van der Waals surface area contributed by atoms with Crippen molar-refractivity contribution in [2.45, 2.75) is 19.3 Å². The second-order valence-electron chi connectivity index (χ2n) is 4.48. The molecule has 84 valence electrons. The molecule has 1 aromatic carbocycles. The Morgan fingerprint density at radius 1 is 1.31 bits per heavy atom. The van der Waals surface area contributed by atoms with Crippen LogP contribution in [-0.2, 0) is 6.42 Å². The van der Waals surface area contributed by atoms with Crippen LogP contribution >= 0.6 is 0 Å². The van der Waals surface area contributed by atoms with E-state index in [9.17, 15) is 4.79 Å². The summed E-state index contributed by atoms with van der Waals surface area (Å²) in [7, 11) is 2.08. The highest BCUT2D eigenvalue weighted by molar-refractivity contribution is 6.02. The number of hydrogen-bond acceptors (Lipinski definition) is 3. The Hall–Kier alpha value is -1.51. The van der Waals surface area contributed by atoms with Crippen molar-refractivity contribution < 1.29 is 9.53 Å². The van der Waals surface area contributed by atoms with Crippen molar-refractivity contribution in [1.82, 2.24) is 0 Å². The average molecular weight is 217 g/mol. The molecule has 0 saturated carbocycles. The Morgan fingerprint density at radius 2 is 2.19 bits per heavy atom. The van der Waals surface area contributed by atoms with Crippen LogP contribution in [0, 0.1) is 0 Å². The van der Waals surface area contributed by atoms with Gasteiger partial charge in [-0.15, -0.1) is 0 Å². The van der Waals surface area contributed by atoms with Crippen molar-refractivity contribution in [2.75, 3.05) is 25.1 Å². The second-order valence-corrected chi connectivity index (χ2v) is 4.48. The molecule has 0 bridgehead atoms. The number of benzene rings is 1. The lowest BCUT2D eigenvalue weighted by Crippen LogP contribution is -2.27. The van der Waals surface area contributed by atoms with Crippen LogP contribution in [0.3, 0.4) is 0 Å². The van der Waals surface area contributed by atoms with Gasteiger partial charge in [-0.05, 0) is 30.5 Å². The van der Waals surface area contributed by atoms with Crippen molar-refractivity contribution in [3.05, 3.63) is 23.3 Å².